The fourth-order valence-corrected chi connectivity index (χ4v) is 5.98. The summed E-state index contributed by atoms with van der Waals surface area (Å²) in [7, 11) is 0. The van der Waals surface area contributed by atoms with Crippen molar-refractivity contribution in [1.29, 1.82) is 0 Å². The monoisotopic (exact) mass is 572 g/mol. The number of nitrogens with zero attached hydrogens (tertiary/aromatic N) is 1. The minimum Gasteiger partial charge on any atom is -0.444 e. The second-order valence-electron chi connectivity index (χ2n) is 10.1. The van der Waals surface area contributed by atoms with Crippen molar-refractivity contribution in [2.24, 2.45) is 0 Å². The summed E-state index contributed by atoms with van der Waals surface area (Å²) in [5.74, 6) is -0.445. The third kappa shape index (κ3) is 6.52. The number of anilines is 1. The second-order valence-corrected chi connectivity index (χ2v) is 12.3. The molecule has 10 heteroatoms. The summed E-state index contributed by atoms with van der Waals surface area (Å²) in [6.07, 6.45) is 1.26. The predicted octanol–water partition coefficient (Wildman–Crippen LogP) is 6.48. The lowest BCUT2D eigenvalue weighted by Crippen LogP contribution is -2.32. The minimum absolute atomic E-state index is 0.196. The van der Waals surface area contributed by atoms with Crippen LogP contribution in [0.1, 0.15) is 51.9 Å². The van der Waals surface area contributed by atoms with E-state index in [1.54, 1.807) is 24.4 Å². The molecule has 40 heavy (non-hydrogen) atoms. The van der Waals surface area contributed by atoms with E-state index in [2.05, 4.69) is 20.9 Å². The zero-order valence-electron chi connectivity index (χ0n) is 22.2. The molecule has 3 amide bonds. The van der Waals surface area contributed by atoms with E-state index in [1.165, 1.54) is 23.1 Å². The van der Waals surface area contributed by atoms with Gasteiger partial charge in [0.2, 0.25) is 0 Å². The summed E-state index contributed by atoms with van der Waals surface area (Å²) in [6, 6.07) is 20.5. The van der Waals surface area contributed by atoms with Crippen LogP contribution in [0.4, 0.5) is 10.5 Å². The molecule has 0 aliphatic carbocycles. The Labute approximate surface area is 240 Å². The Bertz CT molecular complexity index is 1590. The fourth-order valence-electron chi connectivity index (χ4n) is 4.06. The maximum absolute atomic E-state index is 13.0. The highest BCUT2D eigenvalue weighted by Crippen LogP contribution is 2.39. The SMILES string of the molecule is CC(C)(C)OC(=O)NCc1ccccc1-c1ncc(CNC(=O)c2ccc3c(c2)NC(=O)c2ccccc2S3)s1. The van der Waals surface area contributed by atoms with E-state index in [9.17, 15) is 14.4 Å². The van der Waals surface area contributed by atoms with Crippen LogP contribution in [0.25, 0.3) is 10.6 Å². The van der Waals surface area contributed by atoms with E-state index < -0.39 is 11.7 Å². The number of nitrogens with one attached hydrogen (secondary N) is 3. The normalized spacial score (nSPS) is 12.4. The molecule has 0 bridgehead atoms. The maximum atomic E-state index is 13.0. The van der Waals surface area contributed by atoms with Crippen molar-refractivity contribution in [2.45, 2.75) is 49.3 Å². The average Bonchev–Trinajstić information content (AvgIpc) is 3.34. The molecule has 204 valence electrons. The summed E-state index contributed by atoms with van der Waals surface area (Å²) in [5, 5.41) is 9.45. The molecule has 3 aromatic carbocycles. The van der Waals surface area contributed by atoms with Crippen molar-refractivity contribution < 1.29 is 19.1 Å². The van der Waals surface area contributed by atoms with Gasteiger partial charge in [0.05, 0.1) is 17.8 Å². The third-order valence-electron chi connectivity index (χ3n) is 5.89. The first-order valence-electron chi connectivity index (χ1n) is 12.7. The van der Waals surface area contributed by atoms with Gasteiger partial charge in [0.15, 0.2) is 0 Å². The molecular formula is C30H28N4O4S2. The number of thiazole rings is 1. The van der Waals surface area contributed by atoms with Gasteiger partial charge in [0, 0.05) is 38.5 Å². The van der Waals surface area contributed by atoms with Gasteiger partial charge in [0.25, 0.3) is 11.8 Å². The molecule has 1 aliphatic rings. The van der Waals surface area contributed by atoms with Crippen molar-refractivity contribution in [3.05, 3.63) is 94.5 Å². The highest BCUT2D eigenvalue weighted by atomic mass is 32.2. The van der Waals surface area contributed by atoms with E-state index in [4.69, 9.17) is 4.74 Å². The van der Waals surface area contributed by atoms with Gasteiger partial charge < -0.3 is 20.7 Å². The highest BCUT2D eigenvalue weighted by molar-refractivity contribution is 7.99. The molecule has 5 rings (SSSR count). The summed E-state index contributed by atoms with van der Waals surface area (Å²) in [6.45, 7) is 6.06. The molecule has 1 aliphatic heterocycles. The number of fused-ring (bicyclic) bond motifs is 2. The van der Waals surface area contributed by atoms with Crippen molar-refractivity contribution in [3.8, 4) is 10.6 Å². The van der Waals surface area contributed by atoms with Gasteiger partial charge in [0.1, 0.15) is 10.6 Å². The zero-order valence-corrected chi connectivity index (χ0v) is 23.9. The quantitative estimate of drug-likeness (QED) is 0.244. The Kier molecular flexibility index (Phi) is 7.90. The number of aromatic nitrogens is 1. The van der Waals surface area contributed by atoms with E-state index in [0.29, 0.717) is 29.9 Å². The molecule has 2 heterocycles. The van der Waals surface area contributed by atoms with Gasteiger partial charge >= 0.3 is 6.09 Å². The van der Waals surface area contributed by atoms with Gasteiger partial charge in [-0.25, -0.2) is 9.78 Å². The van der Waals surface area contributed by atoms with Crippen LogP contribution in [0.5, 0.6) is 0 Å². The number of alkyl carbamates (subject to hydrolysis) is 1. The summed E-state index contributed by atoms with van der Waals surface area (Å²) in [4.78, 5) is 44.9. The third-order valence-corrected chi connectivity index (χ3v) is 8.07. The number of carbonyl (C=O) groups excluding carboxylic acids is 3. The van der Waals surface area contributed by atoms with Gasteiger partial charge in [-0.2, -0.15) is 0 Å². The van der Waals surface area contributed by atoms with Crippen molar-refractivity contribution in [3.63, 3.8) is 0 Å². The first-order valence-corrected chi connectivity index (χ1v) is 14.3. The number of carbonyl (C=O) groups is 3. The lowest BCUT2D eigenvalue weighted by molar-refractivity contribution is 0.0523. The molecular weight excluding hydrogens is 544 g/mol. The van der Waals surface area contributed by atoms with Gasteiger partial charge in [-0.1, -0.05) is 48.2 Å². The van der Waals surface area contributed by atoms with Crippen LogP contribution in [0.15, 0.2) is 82.7 Å². The lowest BCUT2D eigenvalue weighted by Gasteiger charge is -2.20. The van der Waals surface area contributed by atoms with Crippen LogP contribution < -0.4 is 16.0 Å². The molecule has 8 nitrogen and oxygen atoms in total. The molecule has 0 saturated carbocycles. The maximum Gasteiger partial charge on any atom is 0.407 e. The van der Waals surface area contributed by atoms with Crippen LogP contribution >= 0.6 is 23.1 Å². The molecule has 0 unspecified atom stereocenters. The molecule has 0 spiro atoms. The van der Waals surface area contributed by atoms with Crippen molar-refractivity contribution in [2.75, 3.05) is 5.32 Å². The number of amides is 3. The van der Waals surface area contributed by atoms with E-state index in [1.807, 2.05) is 69.3 Å². The van der Waals surface area contributed by atoms with Crippen LogP contribution in [-0.4, -0.2) is 28.5 Å². The first kappa shape index (κ1) is 27.4. The topological polar surface area (TPSA) is 109 Å². The van der Waals surface area contributed by atoms with E-state index in [-0.39, 0.29) is 11.8 Å². The van der Waals surface area contributed by atoms with Gasteiger partial charge in [-0.05, 0) is 56.7 Å². The van der Waals surface area contributed by atoms with Crippen LogP contribution in [0.3, 0.4) is 0 Å². The molecule has 4 aromatic rings. The molecule has 3 N–H and O–H groups in total. The largest absolute Gasteiger partial charge is 0.444 e. The minimum atomic E-state index is -0.574. The Morgan fingerprint density at radius 3 is 2.48 bits per heavy atom. The lowest BCUT2D eigenvalue weighted by atomic mass is 10.1. The molecule has 0 saturated heterocycles. The van der Waals surface area contributed by atoms with Crippen molar-refractivity contribution in [1.82, 2.24) is 15.6 Å². The smallest absolute Gasteiger partial charge is 0.407 e. The number of rotatable bonds is 6. The first-order chi connectivity index (χ1) is 19.2. The van der Waals surface area contributed by atoms with Crippen molar-refractivity contribution >= 4 is 46.7 Å². The Morgan fingerprint density at radius 2 is 1.68 bits per heavy atom. The number of benzene rings is 3. The van der Waals surface area contributed by atoms with Crippen LogP contribution in [0.2, 0.25) is 0 Å². The average molecular weight is 573 g/mol. The molecule has 0 fully saturated rings. The number of hydrogen-bond acceptors (Lipinski definition) is 7. The highest BCUT2D eigenvalue weighted by Gasteiger charge is 2.21. The molecule has 0 atom stereocenters. The van der Waals surface area contributed by atoms with E-state index >= 15 is 0 Å². The van der Waals surface area contributed by atoms with E-state index in [0.717, 1.165) is 30.8 Å². The number of ether oxygens (including phenoxy) is 1. The molecule has 1 aromatic heterocycles. The Balaban J connectivity index is 1.23. The second kappa shape index (κ2) is 11.5. The fraction of sp³-hybridized carbons (Fsp3) is 0.200. The Morgan fingerprint density at radius 1 is 0.925 bits per heavy atom. The summed E-state index contributed by atoms with van der Waals surface area (Å²) in [5.41, 5.74) is 2.91. The Hall–Kier alpha value is -4.15. The predicted molar refractivity (Wildman–Crippen MR) is 157 cm³/mol. The summed E-state index contributed by atoms with van der Waals surface area (Å²) >= 11 is 2.97. The van der Waals surface area contributed by atoms with Crippen LogP contribution in [0, 0.1) is 0 Å². The standard InChI is InChI=1S/C30H28N4O4S2/c1-30(2,3)38-29(37)33-15-19-8-4-5-9-21(19)28-32-17-20(39-28)16-31-26(35)18-12-13-25-23(14-18)34-27(36)22-10-6-7-11-24(22)40-25/h4-14,17H,15-16H2,1-3H3,(H,31,35)(H,33,37)(H,34,36). The van der Waals surface area contributed by atoms with Gasteiger partial charge in [-0.3, -0.25) is 9.59 Å². The molecule has 0 radical (unpaired) electrons. The summed E-state index contributed by atoms with van der Waals surface area (Å²) < 4.78 is 5.33. The zero-order chi connectivity index (χ0) is 28.3. The van der Waals surface area contributed by atoms with Gasteiger partial charge in [-0.15, -0.1) is 11.3 Å². The van der Waals surface area contributed by atoms with Crippen LogP contribution in [-0.2, 0) is 17.8 Å². The number of hydrogen-bond donors (Lipinski definition) is 3.